The molecule has 0 aliphatic carbocycles. The zero-order chi connectivity index (χ0) is 18.1. The van der Waals surface area contributed by atoms with Crippen LogP contribution in [0, 0.1) is 0 Å². The van der Waals surface area contributed by atoms with Crippen LogP contribution in [-0.4, -0.2) is 59.6 Å². The Kier molecular flexibility index (Phi) is 7.69. The second-order valence-corrected chi connectivity index (χ2v) is 6.48. The van der Waals surface area contributed by atoms with Crippen LogP contribution in [0.3, 0.4) is 0 Å². The molecule has 0 bridgehead atoms. The van der Waals surface area contributed by atoms with E-state index < -0.39 is 0 Å². The zero-order valence-electron chi connectivity index (χ0n) is 15.5. The van der Waals surface area contributed by atoms with Crippen LogP contribution in [0.1, 0.15) is 57.7 Å². The molecule has 0 atom stereocenters. The highest BCUT2D eigenvalue weighted by Gasteiger charge is 2.18. The van der Waals surface area contributed by atoms with E-state index in [1.807, 2.05) is 25.7 Å². The van der Waals surface area contributed by atoms with Gasteiger partial charge in [0, 0.05) is 51.5 Å². The number of nitrogens with zero attached hydrogens (tertiary/aromatic N) is 4. The van der Waals surface area contributed by atoms with Crippen LogP contribution in [0.15, 0.2) is 9.52 Å². The second kappa shape index (κ2) is 10.0. The van der Waals surface area contributed by atoms with Gasteiger partial charge in [0.1, 0.15) is 0 Å². The van der Waals surface area contributed by atoms with Crippen molar-refractivity contribution < 1.29 is 9.32 Å². The second-order valence-electron chi connectivity index (χ2n) is 6.48. The van der Waals surface area contributed by atoms with Gasteiger partial charge in [-0.15, -0.1) is 0 Å². The molecule has 1 aromatic rings. The van der Waals surface area contributed by atoms with Gasteiger partial charge in [0.2, 0.25) is 11.8 Å². The Morgan fingerprint density at radius 2 is 2.24 bits per heavy atom. The SMILES string of the molecule is CCNC(=NCCCN1CCCC1=O)NCCc1nc(C(C)C)no1. The van der Waals surface area contributed by atoms with Crippen LogP contribution in [0.4, 0.5) is 0 Å². The van der Waals surface area contributed by atoms with Crippen molar-refractivity contribution in [3.8, 4) is 0 Å². The van der Waals surface area contributed by atoms with E-state index in [1.165, 1.54) is 0 Å². The summed E-state index contributed by atoms with van der Waals surface area (Å²) in [4.78, 5) is 22.4. The van der Waals surface area contributed by atoms with Gasteiger partial charge >= 0.3 is 0 Å². The number of aromatic nitrogens is 2. The van der Waals surface area contributed by atoms with Crippen LogP contribution in [0.2, 0.25) is 0 Å². The van der Waals surface area contributed by atoms with Crippen molar-refractivity contribution in [3.05, 3.63) is 11.7 Å². The Morgan fingerprint density at radius 3 is 2.88 bits per heavy atom. The average molecular weight is 350 g/mol. The van der Waals surface area contributed by atoms with E-state index in [-0.39, 0.29) is 11.8 Å². The highest BCUT2D eigenvalue weighted by atomic mass is 16.5. The fourth-order valence-corrected chi connectivity index (χ4v) is 2.63. The summed E-state index contributed by atoms with van der Waals surface area (Å²) >= 11 is 0. The van der Waals surface area contributed by atoms with Crippen LogP contribution in [0.5, 0.6) is 0 Å². The van der Waals surface area contributed by atoms with Crippen molar-refractivity contribution >= 4 is 11.9 Å². The molecule has 1 saturated heterocycles. The van der Waals surface area contributed by atoms with E-state index in [0.717, 1.165) is 44.3 Å². The largest absolute Gasteiger partial charge is 0.357 e. The predicted molar refractivity (Wildman–Crippen MR) is 96.5 cm³/mol. The van der Waals surface area contributed by atoms with Gasteiger partial charge in [-0.05, 0) is 19.8 Å². The van der Waals surface area contributed by atoms with Gasteiger partial charge in [-0.2, -0.15) is 4.98 Å². The highest BCUT2D eigenvalue weighted by Crippen LogP contribution is 2.10. The third-order valence-corrected chi connectivity index (χ3v) is 4.00. The van der Waals surface area contributed by atoms with Gasteiger partial charge < -0.3 is 20.1 Å². The van der Waals surface area contributed by atoms with Crippen LogP contribution >= 0.6 is 0 Å². The first kappa shape index (κ1) is 19.2. The Hall–Kier alpha value is -2.12. The molecule has 1 aromatic heterocycles. The number of likely N-dealkylation sites (tertiary alicyclic amines) is 1. The highest BCUT2D eigenvalue weighted by molar-refractivity contribution is 5.79. The van der Waals surface area contributed by atoms with Gasteiger partial charge in [-0.3, -0.25) is 9.79 Å². The third-order valence-electron chi connectivity index (χ3n) is 4.00. The molecule has 8 heteroatoms. The number of carbonyl (C=O) groups excluding carboxylic acids is 1. The quantitative estimate of drug-likeness (QED) is 0.396. The molecular weight excluding hydrogens is 320 g/mol. The maximum absolute atomic E-state index is 11.6. The van der Waals surface area contributed by atoms with Crippen molar-refractivity contribution in [3.63, 3.8) is 0 Å². The number of carbonyl (C=O) groups is 1. The van der Waals surface area contributed by atoms with Crippen molar-refractivity contribution in [2.75, 3.05) is 32.7 Å². The van der Waals surface area contributed by atoms with Crippen LogP contribution < -0.4 is 10.6 Å². The van der Waals surface area contributed by atoms with Gasteiger partial charge in [0.25, 0.3) is 0 Å². The molecule has 0 unspecified atom stereocenters. The van der Waals surface area contributed by atoms with E-state index in [0.29, 0.717) is 31.8 Å². The van der Waals surface area contributed by atoms with Gasteiger partial charge in [-0.25, -0.2) is 0 Å². The summed E-state index contributed by atoms with van der Waals surface area (Å²) in [5.74, 6) is 2.70. The lowest BCUT2D eigenvalue weighted by Crippen LogP contribution is -2.38. The monoisotopic (exact) mass is 350 g/mol. The molecule has 1 aliphatic heterocycles. The van der Waals surface area contributed by atoms with Crippen LogP contribution in [0.25, 0.3) is 0 Å². The van der Waals surface area contributed by atoms with E-state index in [4.69, 9.17) is 4.52 Å². The fraction of sp³-hybridized carbons (Fsp3) is 0.765. The average Bonchev–Trinajstić information content (AvgIpc) is 3.21. The molecule has 1 amide bonds. The minimum atomic E-state index is 0.270. The minimum Gasteiger partial charge on any atom is -0.357 e. The molecule has 25 heavy (non-hydrogen) atoms. The molecule has 140 valence electrons. The summed E-state index contributed by atoms with van der Waals surface area (Å²) in [5, 5.41) is 10.5. The molecule has 0 spiro atoms. The number of nitrogens with one attached hydrogen (secondary N) is 2. The zero-order valence-corrected chi connectivity index (χ0v) is 15.5. The normalized spacial score (nSPS) is 15.3. The molecule has 1 aliphatic rings. The fourth-order valence-electron chi connectivity index (χ4n) is 2.63. The summed E-state index contributed by atoms with van der Waals surface area (Å²) < 4.78 is 5.23. The first-order chi connectivity index (χ1) is 12.1. The number of guanidine groups is 1. The minimum absolute atomic E-state index is 0.270. The molecule has 1 fully saturated rings. The number of hydrogen-bond acceptors (Lipinski definition) is 5. The molecule has 0 aromatic carbocycles. The topological polar surface area (TPSA) is 95.7 Å². The predicted octanol–water partition coefficient (Wildman–Crippen LogP) is 1.30. The maximum atomic E-state index is 11.6. The van der Waals surface area contributed by atoms with Gasteiger partial charge in [0.15, 0.2) is 11.8 Å². The van der Waals surface area contributed by atoms with Crippen molar-refractivity contribution in [1.82, 2.24) is 25.7 Å². The molecule has 2 N–H and O–H groups in total. The Bertz CT molecular complexity index is 569. The lowest BCUT2D eigenvalue weighted by Gasteiger charge is -2.15. The Morgan fingerprint density at radius 1 is 1.40 bits per heavy atom. The van der Waals surface area contributed by atoms with E-state index in [9.17, 15) is 4.79 Å². The van der Waals surface area contributed by atoms with E-state index in [1.54, 1.807) is 0 Å². The molecule has 0 saturated carbocycles. The number of rotatable bonds is 9. The number of amides is 1. The lowest BCUT2D eigenvalue weighted by atomic mass is 10.2. The lowest BCUT2D eigenvalue weighted by molar-refractivity contribution is -0.127. The van der Waals surface area contributed by atoms with Gasteiger partial charge in [-0.1, -0.05) is 19.0 Å². The standard InChI is InChI=1S/C17H30N6O2/c1-4-18-17(19-9-6-12-23-11-5-7-15(23)24)20-10-8-14-21-16(13(2)3)22-25-14/h13H,4-12H2,1-3H3,(H2,18,19,20). The van der Waals surface area contributed by atoms with Crippen molar-refractivity contribution in [2.45, 2.75) is 52.4 Å². The Balaban J connectivity index is 1.70. The first-order valence-corrected chi connectivity index (χ1v) is 9.22. The van der Waals surface area contributed by atoms with E-state index >= 15 is 0 Å². The number of hydrogen-bond donors (Lipinski definition) is 2. The molecule has 8 nitrogen and oxygen atoms in total. The first-order valence-electron chi connectivity index (χ1n) is 9.22. The Labute approximate surface area is 149 Å². The summed E-state index contributed by atoms with van der Waals surface area (Å²) in [6.45, 7) is 9.97. The van der Waals surface area contributed by atoms with Crippen molar-refractivity contribution in [1.29, 1.82) is 0 Å². The maximum Gasteiger partial charge on any atom is 0.228 e. The molecule has 2 heterocycles. The summed E-state index contributed by atoms with van der Waals surface area (Å²) in [7, 11) is 0. The number of aliphatic imine (C=N–C) groups is 1. The summed E-state index contributed by atoms with van der Waals surface area (Å²) in [6.07, 6.45) is 3.22. The molecule has 2 rings (SSSR count). The van der Waals surface area contributed by atoms with Crippen LogP contribution in [-0.2, 0) is 11.2 Å². The smallest absolute Gasteiger partial charge is 0.228 e. The third kappa shape index (κ3) is 6.36. The summed E-state index contributed by atoms with van der Waals surface area (Å²) in [6, 6.07) is 0. The van der Waals surface area contributed by atoms with Gasteiger partial charge in [0.05, 0.1) is 0 Å². The summed E-state index contributed by atoms with van der Waals surface area (Å²) in [5.41, 5.74) is 0. The van der Waals surface area contributed by atoms with Crippen molar-refractivity contribution in [2.24, 2.45) is 4.99 Å². The van der Waals surface area contributed by atoms with E-state index in [2.05, 4.69) is 25.8 Å². The molecule has 0 radical (unpaired) electrons. The molecular formula is C17H30N6O2.